The van der Waals surface area contributed by atoms with E-state index < -0.39 is 0 Å². The Balaban J connectivity index is 1.82. The van der Waals surface area contributed by atoms with Gasteiger partial charge in [0.2, 0.25) is 5.91 Å². The van der Waals surface area contributed by atoms with E-state index in [4.69, 9.17) is 14.1 Å². The van der Waals surface area contributed by atoms with Crippen LogP contribution < -0.4 is 15.4 Å². The Morgan fingerprint density at radius 2 is 1.69 bits per heavy atom. The summed E-state index contributed by atoms with van der Waals surface area (Å²) < 4.78 is 11.4. The van der Waals surface area contributed by atoms with Crippen LogP contribution in [0, 0.1) is 0 Å². The van der Waals surface area contributed by atoms with Crippen molar-refractivity contribution >= 4 is 28.3 Å². The van der Waals surface area contributed by atoms with Gasteiger partial charge in [0, 0.05) is 29.6 Å². The highest BCUT2D eigenvalue weighted by molar-refractivity contribution is 5.88. The number of para-hydroxylation sites is 1. The van der Waals surface area contributed by atoms with E-state index in [2.05, 4.69) is 5.32 Å². The first-order valence-electron chi connectivity index (χ1n) is 9.22. The topological polar surface area (TPSA) is 63.8 Å². The lowest BCUT2D eigenvalue weighted by Crippen LogP contribution is -2.05. The third-order valence-electron chi connectivity index (χ3n) is 4.46. The summed E-state index contributed by atoms with van der Waals surface area (Å²) in [6.07, 6.45) is 0. The Morgan fingerprint density at radius 1 is 0.966 bits per heavy atom. The van der Waals surface area contributed by atoms with Crippen molar-refractivity contribution in [3.05, 3.63) is 84.2 Å². The number of carbonyl (C=O) groups excluding carboxylic acids is 1. The molecule has 0 fully saturated rings. The second-order valence-corrected chi connectivity index (χ2v) is 6.56. The van der Waals surface area contributed by atoms with Gasteiger partial charge in [-0.25, -0.2) is 4.99 Å². The number of fused-ring (bicyclic) bond motifs is 1. The highest BCUT2D eigenvalue weighted by Gasteiger charge is 2.06. The van der Waals surface area contributed by atoms with E-state index in [0.717, 1.165) is 44.8 Å². The van der Waals surface area contributed by atoms with E-state index >= 15 is 0 Å². The van der Waals surface area contributed by atoms with Crippen molar-refractivity contribution in [3.8, 4) is 17.1 Å². The van der Waals surface area contributed by atoms with Gasteiger partial charge in [0.15, 0.2) is 0 Å². The van der Waals surface area contributed by atoms with Crippen molar-refractivity contribution in [2.45, 2.75) is 6.92 Å². The number of hydrogen-bond acceptors (Lipinski definition) is 4. The zero-order chi connectivity index (χ0) is 20.2. The average Bonchev–Trinajstić information content (AvgIpc) is 2.75. The number of nitrogens with zero attached hydrogens (tertiary/aromatic N) is 1. The van der Waals surface area contributed by atoms with Crippen molar-refractivity contribution in [1.29, 1.82) is 0 Å². The van der Waals surface area contributed by atoms with Gasteiger partial charge in [-0.3, -0.25) is 4.79 Å². The molecule has 144 valence electrons. The molecule has 1 aromatic heterocycles. The molecule has 0 atom stereocenters. The van der Waals surface area contributed by atoms with E-state index in [0.29, 0.717) is 0 Å². The fourth-order valence-corrected chi connectivity index (χ4v) is 3.07. The lowest BCUT2D eigenvalue weighted by atomic mass is 10.1. The second kappa shape index (κ2) is 8.02. The Labute approximate surface area is 168 Å². The lowest BCUT2D eigenvalue weighted by Gasteiger charge is -2.06. The van der Waals surface area contributed by atoms with Gasteiger partial charge in [-0.1, -0.05) is 12.1 Å². The van der Waals surface area contributed by atoms with Crippen molar-refractivity contribution < 1.29 is 13.9 Å². The molecule has 3 aromatic carbocycles. The summed E-state index contributed by atoms with van der Waals surface area (Å²) in [5, 5.41) is 4.50. The largest absolute Gasteiger partial charge is 0.497 e. The summed E-state index contributed by atoms with van der Waals surface area (Å²) in [5.74, 6) is 1.41. The molecular formula is C24H20N2O3. The van der Waals surface area contributed by atoms with E-state index in [-0.39, 0.29) is 5.91 Å². The zero-order valence-corrected chi connectivity index (χ0v) is 16.2. The molecule has 0 aliphatic heterocycles. The summed E-state index contributed by atoms with van der Waals surface area (Å²) in [6, 6.07) is 24.9. The lowest BCUT2D eigenvalue weighted by molar-refractivity contribution is -0.114. The Kier molecular flexibility index (Phi) is 5.12. The molecule has 0 bridgehead atoms. The van der Waals surface area contributed by atoms with Crippen molar-refractivity contribution in [3.63, 3.8) is 0 Å². The summed E-state index contributed by atoms with van der Waals surface area (Å²) in [5.41, 5.74) is 3.22. The molecule has 0 aliphatic carbocycles. The maximum Gasteiger partial charge on any atom is 0.221 e. The minimum Gasteiger partial charge on any atom is -0.497 e. The molecule has 0 saturated carbocycles. The van der Waals surface area contributed by atoms with Crippen LogP contribution in [0.3, 0.4) is 0 Å². The molecule has 0 spiro atoms. The van der Waals surface area contributed by atoms with Gasteiger partial charge in [-0.05, 0) is 60.7 Å². The molecular weight excluding hydrogens is 364 g/mol. The molecule has 1 heterocycles. The van der Waals surface area contributed by atoms with Gasteiger partial charge < -0.3 is 14.5 Å². The smallest absolute Gasteiger partial charge is 0.221 e. The Morgan fingerprint density at radius 3 is 2.38 bits per heavy atom. The number of hydrogen-bond donors (Lipinski definition) is 1. The number of rotatable bonds is 4. The zero-order valence-electron chi connectivity index (χ0n) is 16.2. The number of anilines is 1. The number of amides is 1. The minimum atomic E-state index is -0.102. The first-order chi connectivity index (χ1) is 14.1. The Hall–Kier alpha value is -3.86. The van der Waals surface area contributed by atoms with Crippen LogP contribution in [-0.4, -0.2) is 13.0 Å². The average molecular weight is 384 g/mol. The number of nitrogens with one attached hydrogen (secondary N) is 1. The third-order valence-corrected chi connectivity index (χ3v) is 4.46. The van der Waals surface area contributed by atoms with Gasteiger partial charge in [-0.2, -0.15) is 0 Å². The first kappa shape index (κ1) is 18.5. The molecule has 5 heteroatoms. The highest BCUT2D eigenvalue weighted by atomic mass is 16.5. The maximum absolute atomic E-state index is 11.2. The number of ether oxygens (including phenoxy) is 1. The minimum absolute atomic E-state index is 0.102. The van der Waals surface area contributed by atoms with Crippen molar-refractivity contribution in [1.82, 2.24) is 0 Å². The van der Waals surface area contributed by atoms with Gasteiger partial charge in [0.05, 0.1) is 18.2 Å². The standard InChI is InChI=1S/C24H20N2O3/c1-16(27)25-18-9-11-19(12-10-18)26-22-15-24(17-7-13-20(28-2)14-8-17)29-23-6-4-3-5-21(22)23/h3-15H,1-2H3,(H,25,27). The van der Waals surface area contributed by atoms with Crippen LogP contribution in [0.15, 0.2) is 88.3 Å². The normalized spacial score (nSPS) is 11.4. The molecule has 0 radical (unpaired) electrons. The molecule has 0 unspecified atom stereocenters. The van der Waals surface area contributed by atoms with Crippen LogP contribution >= 0.6 is 0 Å². The van der Waals surface area contributed by atoms with Crippen LogP contribution in [0.1, 0.15) is 6.92 Å². The first-order valence-corrected chi connectivity index (χ1v) is 9.22. The van der Waals surface area contributed by atoms with Gasteiger partial charge >= 0.3 is 0 Å². The monoisotopic (exact) mass is 384 g/mol. The molecule has 0 saturated heterocycles. The van der Waals surface area contributed by atoms with Gasteiger partial charge in [-0.15, -0.1) is 0 Å². The molecule has 1 N–H and O–H groups in total. The fourth-order valence-electron chi connectivity index (χ4n) is 3.07. The predicted octanol–water partition coefficient (Wildman–Crippen LogP) is 5.30. The molecule has 0 aliphatic rings. The maximum atomic E-state index is 11.2. The van der Waals surface area contributed by atoms with E-state index in [1.165, 1.54) is 6.92 Å². The van der Waals surface area contributed by atoms with Gasteiger partial charge in [0.1, 0.15) is 17.1 Å². The third kappa shape index (κ3) is 4.19. The summed E-state index contributed by atoms with van der Waals surface area (Å²) in [6.45, 7) is 1.48. The predicted molar refractivity (Wildman–Crippen MR) is 114 cm³/mol. The summed E-state index contributed by atoms with van der Waals surface area (Å²) in [4.78, 5) is 16.0. The molecule has 5 nitrogen and oxygen atoms in total. The molecule has 29 heavy (non-hydrogen) atoms. The number of methoxy groups -OCH3 is 1. The fraction of sp³-hybridized carbons (Fsp3) is 0.0833. The van der Waals surface area contributed by atoms with E-state index in [1.807, 2.05) is 78.9 Å². The summed E-state index contributed by atoms with van der Waals surface area (Å²) >= 11 is 0. The number of carbonyl (C=O) groups is 1. The van der Waals surface area contributed by atoms with Crippen molar-refractivity contribution in [2.75, 3.05) is 12.4 Å². The van der Waals surface area contributed by atoms with E-state index in [1.54, 1.807) is 7.11 Å². The van der Waals surface area contributed by atoms with Crippen LogP contribution in [0.25, 0.3) is 22.3 Å². The second-order valence-electron chi connectivity index (χ2n) is 6.56. The Bertz CT molecular complexity index is 1220. The molecule has 4 aromatic rings. The quantitative estimate of drug-likeness (QED) is 0.519. The van der Waals surface area contributed by atoms with Gasteiger partial charge in [0.25, 0.3) is 0 Å². The summed E-state index contributed by atoms with van der Waals surface area (Å²) in [7, 11) is 1.64. The van der Waals surface area contributed by atoms with Crippen molar-refractivity contribution in [2.24, 2.45) is 4.99 Å². The van der Waals surface area contributed by atoms with E-state index in [9.17, 15) is 4.79 Å². The molecule has 1 amide bonds. The molecule has 4 rings (SSSR count). The van der Waals surface area contributed by atoms with Crippen LogP contribution in [-0.2, 0) is 4.79 Å². The van der Waals surface area contributed by atoms with Crippen LogP contribution in [0.2, 0.25) is 0 Å². The van der Waals surface area contributed by atoms with Crippen LogP contribution in [0.4, 0.5) is 11.4 Å². The van der Waals surface area contributed by atoms with Crippen LogP contribution in [0.5, 0.6) is 5.75 Å². The SMILES string of the molecule is COc1ccc(-c2cc(=Nc3ccc(NC(C)=O)cc3)c3ccccc3o2)cc1. The highest BCUT2D eigenvalue weighted by Crippen LogP contribution is 2.25. The number of benzene rings is 3.